The number of fused-ring (bicyclic) bond motifs is 4. The van der Waals surface area contributed by atoms with Crippen LogP contribution in [0.25, 0.3) is 101 Å². The van der Waals surface area contributed by atoms with Crippen LogP contribution in [0.2, 0.25) is 0 Å². The van der Waals surface area contributed by atoms with E-state index in [-0.39, 0.29) is 6.71 Å². The van der Waals surface area contributed by atoms with E-state index in [0.29, 0.717) is 5.82 Å². The van der Waals surface area contributed by atoms with Crippen LogP contribution in [0.1, 0.15) is 0 Å². The van der Waals surface area contributed by atoms with Crippen molar-refractivity contribution in [3.8, 4) is 101 Å². The molecule has 5 heteroatoms. The van der Waals surface area contributed by atoms with E-state index >= 15 is 0 Å². The lowest BCUT2D eigenvalue weighted by molar-refractivity contribution is 1.18. The molecule has 406 valence electrons. The first-order valence-electron chi connectivity index (χ1n) is 29.8. The summed E-state index contributed by atoms with van der Waals surface area (Å²) in [6.45, 7) is -0.220. The Morgan fingerprint density at radius 3 is 0.805 bits per heavy atom. The molecule has 0 radical (unpaired) electrons. The van der Waals surface area contributed by atoms with E-state index in [1.54, 1.807) is 0 Å². The van der Waals surface area contributed by atoms with Crippen molar-refractivity contribution in [2.24, 2.45) is 0 Å². The molecule has 4 nitrogen and oxygen atoms in total. The molecule has 0 saturated heterocycles. The zero-order chi connectivity index (χ0) is 57.6. The Kier molecular flexibility index (Phi) is 13.0. The van der Waals surface area contributed by atoms with Gasteiger partial charge in [-0.1, -0.05) is 267 Å². The van der Waals surface area contributed by atoms with Gasteiger partial charge in [-0.25, -0.2) is 9.97 Å². The van der Waals surface area contributed by atoms with E-state index in [1.165, 1.54) is 16.4 Å². The predicted octanol–water partition coefficient (Wildman–Crippen LogP) is 19.6. The van der Waals surface area contributed by atoms with E-state index < -0.39 is 0 Å². The van der Waals surface area contributed by atoms with Crippen LogP contribution in [0.3, 0.4) is 0 Å². The maximum Gasteiger partial charge on any atom is 0.252 e. The van der Waals surface area contributed by atoms with Crippen LogP contribution in [-0.4, -0.2) is 16.7 Å². The topological polar surface area (TPSA) is 32.3 Å². The van der Waals surface area contributed by atoms with Gasteiger partial charge >= 0.3 is 0 Å². The van der Waals surface area contributed by atoms with Gasteiger partial charge in [0, 0.05) is 50.8 Å². The Balaban J connectivity index is 1.05. The molecule has 0 spiro atoms. The molecule has 87 heavy (non-hydrogen) atoms. The quantitative estimate of drug-likeness (QED) is 0.121. The van der Waals surface area contributed by atoms with Crippen LogP contribution in [0.15, 0.2) is 334 Å². The Bertz CT molecular complexity index is 4420. The molecule has 3 heterocycles. The number of aromatic nitrogens is 2. The molecule has 0 N–H and O–H groups in total. The molecule has 0 unspecified atom stereocenters. The fourth-order valence-corrected chi connectivity index (χ4v) is 13.1. The standard InChI is InChI=1S/C82H55BN4/c1-9-25-56(26-10-1)64-41-43-77-73(51-64)83-74-52-65(57-27-11-2-12-28-57)42-44-78(74)87(72-49-68(60-33-17-5-18-34-60)46-69(50-72)61-35-19-6-20-36-61)80-54-70(82-84-75(62-37-21-7-22-38-62)55-76(85-82)63-39-23-8-24-40-63)53-79(81(80)83)86(77)71-47-66(58-29-13-3-14-30-58)45-67(48-71)59-31-15-4-16-32-59/h1-55H. The monoisotopic (exact) mass is 1110 g/mol. The summed E-state index contributed by atoms with van der Waals surface area (Å²) in [5, 5.41) is 0. The third-order valence-electron chi connectivity index (χ3n) is 17.2. The van der Waals surface area contributed by atoms with E-state index in [2.05, 4.69) is 343 Å². The molecule has 0 aliphatic carbocycles. The average Bonchev–Trinajstić information content (AvgIpc) is 0.729. The summed E-state index contributed by atoms with van der Waals surface area (Å²) in [6, 6.07) is 121. The van der Waals surface area contributed by atoms with Crippen molar-refractivity contribution in [2.45, 2.75) is 0 Å². The molecule has 0 fully saturated rings. The minimum Gasteiger partial charge on any atom is -0.311 e. The van der Waals surface area contributed by atoms with Crippen molar-refractivity contribution >= 4 is 57.2 Å². The SMILES string of the molecule is c1ccc(-c2cc(-c3ccccc3)cc(N3c4ccc(-c5ccccc5)cc4B4c5cc(-c6ccccc6)ccc5N(c5cc(-c6ccccc6)cc(-c6ccccc6)c5)c5cc(-c6nc(-c7ccccc7)cc(-c7ccccc7)n6)cc3c54)c2)cc1. The largest absolute Gasteiger partial charge is 0.311 e. The van der Waals surface area contributed by atoms with Gasteiger partial charge in [0.25, 0.3) is 6.71 Å². The molecule has 0 saturated carbocycles. The number of anilines is 6. The first-order valence-corrected chi connectivity index (χ1v) is 29.8. The summed E-state index contributed by atoms with van der Waals surface area (Å²) < 4.78 is 0. The highest BCUT2D eigenvalue weighted by atomic mass is 15.2. The van der Waals surface area contributed by atoms with Gasteiger partial charge in [0.15, 0.2) is 5.82 Å². The fraction of sp³-hybridized carbons (Fsp3) is 0. The Morgan fingerprint density at radius 2 is 0.494 bits per heavy atom. The van der Waals surface area contributed by atoms with Crippen LogP contribution in [0.4, 0.5) is 34.1 Å². The van der Waals surface area contributed by atoms with Crippen molar-refractivity contribution in [3.63, 3.8) is 0 Å². The lowest BCUT2D eigenvalue weighted by Crippen LogP contribution is -2.61. The molecule has 14 aromatic rings. The Hall–Kier alpha value is -11.4. The smallest absolute Gasteiger partial charge is 0.252 e. The Morgan fingerprint density at radius 1 is 0.207 bits per heavy atom. The van der Waals surface area contributed by atoms with Crippen molar-refractivity contribution in [2.75, 3.05) is 9.80 Å². The predicted molar refractivity (Wildman–Crippen MR) is 365 cm³/mol. The number of hydrogen-bond donors (Lipinski definition) is 0. The first-order chi connectivity index (χ1) is 43.1. The van der Waals surface area contributed by atoms with E-state index in [9.17, 15) is 0 Å². The third-order valence-corrected chi connectivity index (χ3v) is 17.2. The molecule has 0 bridgehead atoms. The number of nitrogens with zero attached hydrogens (tertiary/aromatic N) is 4. The van der Waals surface area contributed by atoms with Gasteiger partial charge in [0.1, 0.15) is 0 Å². The van der Waals surface area contributed by atoms with Crippen LogP contribution in [-0.2, 0) is 0 Å². The Labute approximate surface area is 508 Å². The molecular formula is C82H55BN4. The average molecular weight is 1110 g/mol. The normalized spacial score (nSPS) is 12.1. The maximum atomic E-state index is 5.60. The van der Waals surface area contributed by atoms with Crippen molar-refractivity contribution in [1.29, 1.82) is 0 Å². The summed E-state index contributed by atoms with van der Waals surface area (Å²) in [5.41, 5.74) is 28.3. The van der Waals surface area contributed by atoms with Crippen LogP contribution in [0, 0.1) is 0 Å². The van der Waals surface area contributed by atoms with Gasteiger partial charge in [-0.2, -0.15) is 0 Å². The van der Waals surface area contributed by atoms with Crippen LogP contribution in [0.5, 0.6) is 0 Å². The second-order valence-corrected chi connectivity index (χ2v) is 22.5. The van der Waals surface area contributed by atoms with Gasteiger partial charge in [-0.15, -0.1) is 0 Å². The lowest BCUT2D eigenvalue weighted by Gasteiger charge is -2.45. The maximum absolute atomic E-state index is 5.60. The summed E-state index contributed by atoms with van der Waals surface area (Å²) in [7, 11) is 0. The molecule has 0 amide bonds. The summed E-state index contributed by atoms with van der Waals surface area (Å²) in [5.74, 6) is 0.632. The van der Waals surface area contributed by atoms with E-state index in [4.69, 9.17) is 9.97 Å². The highest BCUT2D eigenvalue weighted by Crippen LogP contribution is 2.49. The molecule has 2 aliphatic rings. The van der Waals surface area contributed by atoms with Gasteiger partial charge in [0.2, 0.25) is 0 Å². The summed E-state index contributed by atoms with van der Waals surface area (Å²) >= 11 is 0. The molecule has 13 aromatic carbocycles. The number of benzene rings is 13. The zero-order valence-corrected chi connectivity index (χ0v) is 47.6. The van der Waals surface area contributed by atoms with Crippen molar-refractivity contribution in [3.05, 3.63) is 334 Å². The fourth-order valence-electron chi connectivity index (χ4n) is 13.1. The summed E-state index contributed by atoms with van der Waals surface area (Å²) in [6.07, 6.45) is 0. The van der Waals surface area contributed by atoms with Crippen LogP contribution < -0.4 is 26.2 Å². The zero-order valence-electron chi connectivity index (χ0n) is 47.6. The molecule has 1 aromatic heterocycles. The second kappa shape index (κ2) is 22.0. The minimum absolute atomic E-state index is 0.220. The summed E-state index contributed by atoms with van der Waals surface area (Å²) in [4.78, 5) is 16.3. The molecule has 16 rings (SSSR count). The van der Waals surface area contributed by atoms with Gasteiger partial charge in [-0.05, 0) is 150 Å². The number of hydrogen-bond acceptors (Lipinski definition) is 4. The highest BCUT2D eigenvalue weighted by molar-refractivity contribution is 7.00. The number of rotatable bonds is 11. The van der Waals surface area contributed by atoms with Gasteiger partial charge in [0.05, 0.1) is 11.4 Å². The van der Waals surface area contributed by atoms with E-state index in [1.807, 2.05) is 0 Å². The van der Waals surface area contributed by atoms with Crippen molar-refractivity contribution < 1.29 is 0 Å². The highest BCUT2D eigenvalue weighted by Gasteiger charge is 2.44. The van der Waals surface area contributed by atoms with Crippen molar-refractivity contribution in [1.82, 2.24) is 9.97 Å². The third kappa shape index (κ3) is 9.58. The lowest BCUT2D eigenvalue weighted by atomic mass is 9.33. The molecule has 2 aliphatic heterocycles. The molecular weight excluding hydrogens is 1050 g/mol. The first kappa shape index (κ1) is 51.3. The minimum atomic E-state index is -0.220. The van der Waals surface area contributed by atoms with Gasteiger partial charge in [-0.3, -0.25) is 0 Å². The van der Waals surface area contributed by atoms with Crippen LogP contribution >= 0.6 is 0 Å². The molecule has 0 atom stereocenters. The second-order valence-electron chi connectivity index (χ2n) is 22.5. The van der Waals surface area contributed by atoms with Gasteiger partial charge < -0.3 is 9.80 Å². The van der Waals surface area contributed by atoms with E-state index in [0.717, 1.165) is 129 Å².